The van der Waals surface area contributed by atoms with Gasteiger partial charge in [0.15, 0.2) is 0 Å². The molecule has 2 saturated heterocycles. The predicted octanol–water partition coefficient (Wildman–Crippen LogP) is 3.76. The molecule has 156 valence electrons. The summed E-state index contributed by atoms with van der Waals surface area (Å²) in [5, 5.41) is 4.33. The van der Waals surface area contributed by atoms with E-state index >= 15 is 0 Å². The number of halogens is 2. The van der Waals surface area contributed by atoms with E-state index in [9.17, 15) is 13.6 Å². The molecule has 0 spiro atoms. The van der Waals surface area contributed by atoms with E-state index in [4.69, 9.17) is 0 Å². The molecule has 29 heavy (non-hydrogen) atoms. The van der Waals surface area contributed by atoms with Crippen molar-refractivity contribution in [3.05, 3.63) is 56.1 Å². The second-order valence-electron chi connectivity index (χ2n) is 8.99. The topological polar surface area (TPSA) is 28.5 Å². The minimum Gasteiger partial charge on any atom is -0.312 e. The molecular formula is C22H27F2N3OS. The van der Waals surface area contributed by atoms with Crippen molar-refractivity contribution in [2.75, 3.05) is 26.2 Å². The van der Waals surface area contributed by atoms with Crippen LogP contribution in [0, 0.1) is 5.92 Å². The summed E-state index contributed by atoms with van der Waals surface area (Å²) in [6.07, 6.45) is 1.58. The lowest BCUT2D eigenvalue weighted by Gasteiger charge is -2.43. The molecule has 0 radical (unpaired) electrons. The SMILES string of the molecule is O=c1c(CN2CCCC(F)(F)C2)ccc2n1C[C@H]1C[C@@H]2CN(Cc2ccsc2)C1. The summed E-state index contributed by atoms with van der Waals surface area (Å²) in [4.78, 5) is 17.4. The number of hydrogen-bond donors (Lipinski definition) is 0. The van der Waals surface area contributed by atoms with Gasteiger partial charge in [0.05, 0.1) is 6.54 Å². The molecule has 0 amide bonds. The summed E-state index contributed by atoms with van der Waals surface area (Å²) in [6.45, 7) is 4.44. The molecule has 2 aromatic heterocycles. The van der Waals surface area contributed by atoms with Gasteiger partial charge in [-0.05, 0) is 53.8 Å². The van der Waals surface area contributed by atoms with Crippen LogP contribution in [0.3, 0.4) is 0 Å². The Morgan fingerprint density at radius 2 is 2.00 bits per heavy atom. The number of likely N-dealkylation sites (tertiary alicyclic amines) is 2. The fourth-order valence-corrected chi connectivity index (χ4v) is 6.06. The molecule has 2 fully saturated rings. The molecule has 4 nitrogen and oxygen atoms in total. The van der Waals surface area contributed by atoms with Gasteiger partial charge in [-0.25, -0.2) is 8.78 Å². The maximum absolute atomic E-state index is 13.7. The molecule has 2 aromatic rings. The minimum atomic E-state index is -2.63. The first-order chi connectivity index (χ1) is 14.0. The van der Waals surface area contributed by atoms with Crippen LogP contribution in [0.5, 0.6) is 0 Å². The highest BCUT2D eigenvalue weighted by molar-refractivity contribution is 7.07. The van der Waals surface area contributed by atoms with E-state index in [-0.39, 0.29) is 18.5 Å². The van der Waals surface area contributed by atoms with Crippen molar-refractivity contribution in [3.63, 3.8) is 0 Å². The molecule has 0 aromatic carbocycles. The van der Waals surface area contributed by atoms with E-state index in [0.29, 0.717) is 36.9 Å². The summed E-state index contributed by atoms with van der Waals surface area (Å²) in [6, 6.07) is 6.15. The first kappa shape index (κ1) is 19.4. The number of rotatable bonds is 4. The number of piperidine rings is 2. The van der Waals surface area contributed by atoms with Crippen molar-refractivity contribution < 1.29 is 8.78 Å². The van der Waals surface area contributed by atoms with E-state index in [0.717, 1.165) is 38.3 Å². The van der Waals surface area contributed by atoms with Gasteiger partial charge >= 0.3 is 0 Å². The second kappa shape index (κ2) is 7.60. The normalized spacial score (nSPS) is 27.0. The van der Waals surface area contributed by atoms with Crippen LogP contribution in [-0.4, -0.2) is 46.5 Å². The molecule has 3 aliphatic rings. The summed E-state index contributed by atoms with van der Waals surface area (Å²) < 4.78 is 29.4. The lowest BCUT2D eigenvalue weighted by atomic mass is 9.83. The fraction of sp³-hybridized carbons (Fsp3) is 0.591. The Balaban J connectivity index is 1.34. The summed E-state index contributed by atoms with van der Waals surface area (Å²) in [5.41, 5.74) is 3.16. The quantitative estimate of drug-likeness (QED) is 0.756. The molecular weight excluding hydrogens is 392 g/mol. The monoisotopic (exact) mass is 419 g/mol. The van der Waals surface area contributed by atoms with Gasteiger partial charge in [0.2, 0.25) is 0 Å². The number of pyridine rings is 1. The molecule has 7 heteroatoms. The fourth-order valence-electron chi connectivity index (χ4n) is 5.40. The van der Waals surface area contributed by atoms with Crippen molar-refractivity contribution in [1.29, 1.82) is 0 Å². The van der Waals surface area contributed by atoms with Crippen LogP contribution in [0.25, 0.3) is 0 Å². The average molecular weight is 420 g/mol. The molecule has 3 aliphatic heterocycles. The Hall–Kier alpha value is -1.57. The minimum absolute atomic E-state index is 0.0253. The molecule has 5 rings (SSSR count). The number of fused-ring (bicyclic) bond motifs is 4. The van der Waals surface area contributed by atoms with E-state index < -0.39 is 5.92 Å². The van der Waals surface area contributed by atoms with Gasteiger partial charge < -0.3 is 4.57 Å². The molecule has 0 unspecified atom stereocenters. The Morgan fingerprint density at radius 3 is 2.79 bits per heavy atom. The lowest BCUT2D eigenvalue weighted by molar-refractivity contribution is -0.0662. The van der Waals surface area contributed by atoms with Gasteiger partial charge in [0, 0.05) is 56.3 Å². The Kier molecular flexibility index (Phi) is 5.08. The van der Waals surface area contributed by atoms with Gasteiger partial charge in [-0.3, -0.25) is 14.6 Å². The van der Waals surface area contributed by atoms with Gasteiger partial charge in [0.1, 0.15) is 0 Å². The number of thiophene rings is 1. The second-order valence-corrected chi connectivity index (χ2v) is 9.77. The highest BCUT2D eigenvalue weighted by Crippen LogP contribution is 2.36. The van der Waals surface area contributed by atoms with Crippen molar-refractivity contribution in [3.8, 4) is 0 Å². The standard InChI is InChI=1S/C22H27F2N3OS/c23-22(24)5-1-6-25(15-22)12-18-2-3-20-19-8-17(11-27(20)21(18)28)10-26(13-19)9-16-4-7-29-14-16/h2-4,7,14,17,19H,1,5-6,8-13,15H2/t17-,19+/m0/s1. The van der Waals surface area contributed by atoms with Crippen LogP contribution in [0.1, 0.15) is 42.0 Å². The van der Waals surface area contributed by atoms with Crippen molar-refractivity contribution >= 4 is 11.3 Å². The predicted molar refractivity (Wildman–Crippen MR) is 111 cm³/mol. The molecule has 5 heterocycles. The van der Waals surface area contributed by atoms with Gasteiger partial charge in [0.25, 0.3) is 11.5 Å². The number of nitrogens with zero attached hydrogens (tertiary/aromatic N) is 3. The Bertz CT molecular complexity index is 927. The summed E-state index contributed by atoms with van der Waals surface area (Å²) >= 11 is 1.73. The largest absolute Gasteiger partial charge is 0.312 e. The van der Waals surface area contributed by atoms with Crippen LogP contribution in [0.2, 0.25) is 0 Å². The zero-order valence-electron chi connectivity index (χ0n) is 16.5. The molecule has 0 aliphatic carbocycles. The third-order valence-corrected chi connectivity index (χ3v) is 7.34. The van der Waals surface area contributed by atoms with Crippen LogP contribution in [0.4, 0.5) is 8.78 Å². The van der Waals surface area contributed by atoms with Crippen molar-refractivity contribution in [2.24, 2.45) is 5.92 Å². The average Bonchev–Trinajstić information content (AvgIpc) is 3.17. The van der Waals surface area contributed by atoms with Crippen LogP contribution in [-0.2, 0) is 19.6 Å². The van der Waals surface area contributed by atoms with Crippen LogP contribution >= 0.6 is 11.3 Å². The van der Waals surface area contributed by atoms with Gasteiger partial charge in [-0.2, -0.15) is 11.3 Å². The third-order valence-electron chi connectivity index (χ3n) is 6.61. The summed E-state index contributed by atoms with van der Waals surface area (Å²) in [5.74, 6) is -1.78. The summed E-state index contributed by atoms with van der Waals surface area (Å²) in [7, 11) is 0. The maximum atomic E-state index is 13.7. The van der Waals surface area contributed by atoms with Crippen LogP contribution in [0.15, 0.2) is 33.8 Å². The number of hydrogen-bond acceptors (Lipinski definition) is 4. The highest BCUT2D eigenvalue weighted by Gasteiger charge is 2.37. The number of aromatic nitrogens is 1. The Labute approximate surface area is 173 Å². The van der Waals surface area contributed by atoms with E-state index in [1.54, 1.807) is 16.2 Å². The maximum Gasteiger partial charge on any atom is 0.260 e. The van der Waals surface area contributed by atoms with E-state index in [1.807, 2.05) is 10.6 Å². The van der Waals surface area contributed by atoms with Crippen molar-refractivity contribution in [1.82, 2.24) is 14.4 Å². The highest BCUT2D eigenvalue weighted by atomic mass is 32.1. The van der Waals surface area contributed by atoms with Crippen LogP contribution < -0.4 is 5.56 Å². The molecule has 2 atom stereocenters. The Morgan fingerprint density at radius 1 is 1.10 bits per heavy atom. The number of alkyl halides is 2. The zero-order chi connectivity index (χ0) is 20.0. The third kappa shape index (κ3) is 4.05. The van der Waals surface area contributed by atoms with E-state index in [2.05, 4.69) is 27.8 Å². The first-order valence-corrected chi connectivity index (χ1v) is 11.5. The first-order valence-electron chi connectivity index (χ1n) is 10.5. The van der Waals surface area contributed by atoms with Gasteiger partial charge in [-0.15, -0.1) is 0 Å². The zero-order valence-corrected chi connectivity index (χ0v) is 17.3. The molecule has 2 bridgehead atoms. The van der Waals surface area contributed by atoms with Crippen molar-refractivity contribution in [2.45, 2.75) is 50.7 Å². The molecule has 0 saturated carbocycles. The van der Waals surface area contributed by atoms with E-state index in [1.165, 1.54) is 5.56 Å². The molecule has 0 N–H and O–H groups in total. The lowest BCUT2D eigenvalue weighted by Crippen LogP contribution is -2.48. The smallest absolute Gasteiger partial charge is 0.260 e. The van der Waals surface area contributed by atoms with Gasteiger partial charge in [-0.1, -0.05) is 6.07 Å².